The fourth-order valence-electron chi connectivity index (χ4n) is 4.20. The van der Waals surface area contributed by atoms with Crippen LogP contribution >= 0.6 is 0 Å². The predicted octanol–water partition coefficient (Wildman–Crippen LogP) is 5.08. The minimum atomic E-state index is -0.675. The summed E-state index contributed by atoms with van der Waals surface area (Å²) < 4.78 is 26.1. The first-order chi connectivity index (χ1) is 17.8. The molecule has 0 saturated carbocycles. The van der Waals surface area contributed by atoms with E-state index >= 15 is 0 Å². The standard InChI is InChI=1S/C28H29FN4O4/c1-18-12-13-25(37-4)24(16-18)33-26(31-23-11-6-5-10-22(23)27(33)34)19(2)32(14-15-36-3)28(35)30-21-9-7-8-20(29)17-21/h5-13,16-17,19H,14-15H2,1-4H3,(H,30,35). The number of nitrogens with zero attached hydrogens (tertiary/aromatic N) is 3. The molecular weight excluding hydrogens is 475 g/mol. The smallest absolute Gasteiger partial charge is 0.322 e. The first-order valence-electron chi connectivity index (χ1n) is 11.8. The molecule has 0 fully saturated rings. The molecular formula is C28H29FN4O4. The van der Waals surface area contributed by atoms with Gasteiger partial charge in [-0.25, -0.2) is 14.2 Å². The summed E-state index contributed by atoms with van der Waals surface area (Å²) >= 11 is 0. The van der Waals surface area contributed by atoms with Crippen molar-refractivity contribution in [3.8, 4) is 11.4 Å². The lowest BCUT2D eigenvalue weighted by molar-refractivity contribution is 0.137. The molecule has 192 valence electrons. The molecule has 1 unspecified atom stereocenters. The first kappa shape index (κ1) is 25.8. The number of para-hydroxylation sites is 1. The highest BCUT2D eigenvalue weighted by atomic mass is 19.1. The Morgan fingerprint density at radius 1 is 1.11 bits per heavy atom. The lowest BCUT2D eigenvalue weighted by Crippen LogP contribution is -2.41. The van der Waals surface area contributed by atoms with E-state index in [1.54, 1.807) is 43.3 Å². The summed E-state index contributed by atoms with van der Waals surface area (Å²) in [5, 5.41) is 3.18. The minimum absolute atomic E-state index is 0.201. The summed E-state index contributed by atoms with van der Waals surface area (Å²) in [7, 11) is 3.07. The Morgan fingerprint density at radius 2 is 1.89 bits per heavy atom. The van der Waals surface area contributed by atoms with Crippen molar-refractivity contribution < 1.29 is 18.7 Å². The van der Waals surface area contributed by atoms with Gasteiger partial charge in [0, 0.05) is 19.3 Å². The van der Waals surface area contributed by atoms with Crippen molar-refractivity contribution in [2.75, 3.05) is 32.7 Å². The van der Waals surface area contributed by atoms with Gasteiger partial charge in [-0.05, 0) is 61.9 Å². The number of ether oxygens (including phenoxy) is 2. The molecule has 1 N–H and O–H groups in total. The average molecular weight is 505 g/mol. The number of benzene rings is 3. The summed E-state index contributed by atoms with van der Waals surface area (Å²) in [5.74, 6) is 0.370. The minimum Gasteiger partial charge on any atom is -0.495 e. The van der Waals surface area contributed by atoms with Crippen molar-refractivity contribution >= 4 is 22.6 Å². The molecule has 0 aliphatic rings. The van der Waals surface area contributed by atoms with Crippen LogP contribution in [0.5, 0.6) is 5.75 Å². The number of aromatic nitrogens is 2. The normalized spacial score (nSPS) is 11.8. The van der Waals surface area contributed by atoms with E-state index < -0.39 is 17.9 Å². The third-order valence-electron chi connectivity index (χ3n) is 6.09. The van der Waals surface area contributed by atoms with Gasteiger partial charge in [0.1, 0.15) is 17.4 Å². The van der Waals surface area contributed by atoms with Crippen molar-refractivity contribution in [2.24, 2.45) is 0 Å². The molecule has 8 nitrogen and oxygen atoms in total. The van der Waals surface area contributed by atoms with Crippen LogP contribution in [0.15, 0.2) is 71.5 Å². The highest BCUT2D eigenvalue weighted by Gasteiger charge is 2.28. The van der Waals surface area contributed by atoms with E-state index in [4.69, 9.17) is 14.5 Å². The van der Waals surface area contributed by atoms with Crippen molar-refractivity contribution in [3.05, 3.63) is 94.3 Å². The number of aryl methyl sites for hydroxylation is 1. The van der Waals surface area contributed by atoms with Crippen molar-refractivity contribution in [2.45, 2.75) is 19.9 Å². The van der Waals surface area contributed by atoms with Gasteiger partial charge in [-0.3, -0.25) is 9.36 Å². The maximum Gasteiger partial charge on any atom is 0.322 e. The van der Waals surface area contributed by atoms with Crippen molar-refractivity contribution in [1.29, 1.82) is 0 Å². The Balaban J connectivity index is 1.88. The number of hydrogen-bond acceptors (Lipinski definition) is 5. The van der Waals surface area contributed by atoms with Crippen molar-refractivity contribution in [1.82, 2.24) is 14.5 Å². The Bertz CT molecular complexity index is 1490. The maximum absolute atomic E-state index is 13.9. The van der Waals surface area contributed by atoms with E-state index in [0.29, 0.717) is 33.9 Å². The number of amides is 2. The molecule has 0 aliphatic heterocycles. The fraction of sp³-hybridized carbons (Fsp3) is 0.250. The molecule has 2 amide bonds. The quantitative estimate of drug-likeness (QED) is 0.362. The van der Waals surface area contributed by atoms with Crippen LogP contribution in [-0.2, 0) is 4.74 Å². The maximum atomic E-state index is 13.9. The number of carbonyl (C=O) groups is 1. The van der Waals surface area contributed by atoms with Gasteiger partial charge in [0.05, 0.1) is 36.3 Å². The van der Waals surface area contributed by atoms with Crippen LogP contribution in [0.4, 0.5) is 14.9 Å². The van der Waals surface area contributed by atoms with E-state index in [9.17, 15) is 14.0 Å². The number of anilines is 1. The van der Waals surface area contributed by atoms with Crippen LogP contribution in [0, 0.1) is 12.7 Å². The highest BCUT2D eigenvalue weighted by Crippen LogP contribution is 2.29. The van der Waals surface area contributed by atoms with Crippen LogP contribution < -0.4 is 15.6 Å². The molecule has 0 aliphatic carbocycles. The third-order valence-corrected chi connectivity index (χ3v) is 6.09. The predicted molar refractivity (Wildman–Crippen MR) is 141 cm³/mol. The van der Waals surface area contributed by atoms with Crippen molar-refractivity contribution in [3.63, 3.8) is 0 Å². The Morgan fingerprint density at radius 3 is 2.62 bits per heavy atom. The van der Waals surface area contributed by atoms with E-state index in [1.165, 1.54) is 41.9 Å². The zero-order valence-corrected chi connectivity index (χ0v) is 21.2. The monoisotopic (exact) mass is 504 g/mol. The largest absolute Gasteiger partial charge is 0.495 e. The van der Waals surface area contributed by atoms with Crippen LogP contribution in [0.2, 0.25) is 0 Å². The summed E-state index contributed by atoms with van der Waals surface area (Å²) in [4.78, 5) is 33.6. The fourth-order valence-corrected chi connectivity index (χ4v) is 4.20. The van der Waals surface area contributed by atoms with E-state index in [1.807, 2.05) is 19.1 Å². The number of nitrogens with one attached hydrogen (secondary N) is 1. The molecule has 0 bridgehead atoms. The summed E-state index contributed by atoms with van der Waals surface area (Å²) in [6.45, 7) is 4.15. The molecule has 9 heteroatoms. The lowest BCUT2D eigenvalue weighted by atomic mass is 10.1. The Kier molecular flexibility index (Phi) is 7.83. The molecule has 1 atom stereocenters. The molecule has 0 saturated heterocycles. The van der Waals surface area contributed by atoms with E-state index in [-0.39, 0.29) is 18.7 Å². The summed E-state index contributed by atoms with van der Waals surface area (Å²) in [5.41, 5.74) is 1.98. The van der Waals surface area contributed by atoms with Gasteiger partial charge >= 0.3 is 6.03 Å². The number of urea groups is 1. The molecule has 1 heterocycles. The number of hydrogen-bond donors (Lipinski definition) is 1. The second-order valence-corrected chi connectivity index (χ2v) is 8.61. The Hall–Kier alpha value is -4.24. The van der Waals surface area contributed by atoms with Gasteiger partial charge in [-0.15, -0.1) is 0 Å². The average Bonchev–Trinajstić information content (AvgIpc) is 2.88. The number of carbonyl (C=O) groups excluding carboxylic acids is 1. The van der Waals surface area contributed by atoms with Gasteiger partial charge in [-0.2, -0.15) is 0 Å². The zero-order chi connectivity index (χ0) is 26.5. The van der Waals surface area contributed by atoms with Gasteiger partial charge in [0.15, 0.2) is 0 Å². The second-order valence-electron chi connectivity index (χ2n) is 8.61. The number of rotatable bonds is 8. The second kappa shape index (κ2) is 11.2. The van der Waals surface area contributed by atoms with Gasteiger partial charge in [-0.1, -0.05) is 24.3 Å². The van der Waals surface area contributed by atoms with Crippen LogP contribution in [0.1, 0.15) is 24.4 Å². The third kappa shape index (κ3) is 5.46. The number of halogens is 1. The number of fused-ring (bicyclic) bond motifs is 1. The molecule has 4 aromatic rings. The molecule has 0 spiro atoms. The summed E-state index contributed by atoms with van der Waals surface area (Å²) in [6.07, 6.45) is 0. The zero-order valence-electron chi connectivity index (χ0n) is 21.2. The van der Waals surface area contributed by atoms with Crippen LogP contribution in [0.3, 0.4) is 0 Å². The van der Waals surface area contributed by atoms with Gasteiger partial charge in [0.2, 0.25) is 0 Å². The van der Waals surface area contributed by atoms with E-state index in [2.05, 4.69) is 5.32 Å². The first-order valence-corrected chi connectivity index (χ1v) is 11.8. The number of methoxy groups -OCH3 is 2. The van der Waals surface area contributed by atoms with Crippen LogP contribution in [-0.4, -0.2) is 47.9 Å². The Labute approximate surface area is 214 Å². The molecule has 4 rings (SSSR count). The van der Waals surface area contributed by atoms with Crippen LogP contribution in [0.25, 0.3) is 16.6 Å². The summed E-state index contributed by atoms with van der Waals surface area (Å²) in [6, 6.07) is 17.1. The highest BCUT2D eigenvalue weighted by molar-refractivity contribution is 5.89. The molecule has 37 heavy (non-hydrogen) atoms. The molecule has 0 radical (unpaired) electrons. The molecule has 1 aromatic heterocycles. The topological polar surface area (TPSA) is 85.7 Å². The molecule has 3 aromatic carbocycles. The lowest BCUT2D eigenvalue weighted by Gasteiger charge is -2.30. The van der Waals surface area contributed by atoms with Gasteiger partial charge in [0.25, 0.3) is 5.56 Å². The van der Waals surface area contributed by atoms with E-state index in [0.717, 1.165) is 5.56 Å². The SMILES string of the molecule is COCCN(C(=O)Nc1cccc(F)c1)C(C)c1nc2ccccc2c(=O)n1-c1cc(C)ccc1OC. The van der Waals surface area contributed by atoms with Gasteiger partial charge < -0.3 is 19.7 Å².